The molecule has 3 heteroatoms. The molecule has 1 aliphatic carbocycles. The summed E-state index contributed by atoms with van der Waals surface area (Å²) in [6.45, 7) is 2.27. The van der Waals surface area contributed by atoms with Crippen molar-refractivity contribution in [3.63, 3.8) is 0 Å². The first kappa shape index (κ1) is 9.00. The molecule has 0 radical (unpaired) electrons. The van der Waals surface area contributed by atoms with Gasteiger partial charge < -0.3 is 5.32 Å². The van der Waals surface area contributed by atoms with Crippen LogP contribution in [0, 0.1) is 0 Å². The Morgan fingerprint density at radius 2 is 2.31 bits per heavy atom. The van der Waals surface area contributed by atoms with Gasteiger partial charge >= 0.3 is 0 Å². The molecule has 13 heavy (non-hydrogen) atoms. The second-order valence-electron chi connectivity index (χ2n) is 3.89. The third kappa shape index (κ3) is 1.85. The Kier molecular flexibility index (Phi) is 2.28. The van der Waals surface area contributed by atoms with Crippen LogP contribution in [0.4, 0.5) is 5.69 Å². The topological polar surface area (TPSA) is 24.9 Å². The van der Waals surface area contributed by atoms with E-state index in [9.17, 15) is 0 Å². The van der Waals surface area contributed by atoms with Gasteiger partial charge in [0.05, 0.1) is 10.2 Å². The highest BCUT2D eigenvalue weighted by molar-refractivity contribution is 9.10. The quantitative estimate of drug-likeness (QED) is 0.859. The summed E-state index contributed by atoms with van der Waals surface area (Å²) in [6.07, 6.45) is 7.51. The van der Waals surface area contributed by atoms with Crippen molar-refractivity contribution in [2.24, 2.45) is 0 Å². The first-order valence-electron chi connectivity index (χ1n) is 4.57. The molecule has 0 aromatic carbocycles. The van der Waals surface area contributed by atoms with Crippen molar-refractivity contribution in [3.05, 3.63) is 22.9 Å². The van der Waals surface area contributed by atoms with Gasteiger partial charge in [0.25, 0.3) is 0 Å². The largest absolute Gasteiger partial charge is 0.379 e. The number of rotatable bonds is 2. The molecule has 70 valence electrons. The summed E-state index contributed by atoms with van der Waals surface area (Å²) in [4.78, 5) is 4.03. The van der Waals surface area contributed by atoms with E-state index in [2.05, 4.69) is 33.2 Å². The van der Waals surface area contributed by atoms with E-state index in [1.165, 1.54) is 19.3 Å². The summed E-state index contributed by atoms with van der Waals surface area (Å²) in [5, 5.41) is 3.54. The second kappa shape index (κ2) is 3.29. The van der Waals surface area contributed by atoms with Crippen LogP contribution in [0.5, 0.6) is 0 Å². The summed E-state index contributed by atoms with van der Waals surface area (Å²) in [5.74, 6) is 0. The number of hydrogen-bond acceptors (Lipinski definition) is 2. The molecule has 1 aromatic rings. The Labute approximate surface area is 86.9 Å². The first-order valence-corrected chi connectivity index (χ1v) is 5.37. The van der Waals surface area contributed by atoms with Crippen molar-refractivity contribution in [3.8, 4) is 0 Å². The third-order valence-electron chi connectivity index (χ3n) is 2.67. The lowest BCUT2D eigenvalue weighted by molar-refractivity contribution is 0.306. The van der Waals surface area contributed by atoms with Crippen LogP contribution < -0.4 is 5.32 Å². The molecule has 0 bridgehead atoms. The molecule has 1 heterocycles. The highest BCUT2D eigenvalue weighted by Crippen LogP contribution is 2.36. The summed E-state index contributed by atoms with van der Waals surface area (Å²) >= 11 is 3.48. The van der Waals surface area contributed by atoms with Crippen molar-refractivity contribution in [1.29, 1.82) is 0 Å². The van der Waals surface area contributed by atoms with Gasteiger partial charge in [0.2, 0.25) is 0 Å². The molecule has 1 N–H and O–H groups in total. The van der Waals surface area contributed by atoms with Gasteiger partial charge in [-0.2, -0.15) is 0 Å². The maximum atomic E-state index is 4.03. The predicted octanol–water partition coefficient (Wildman–Crippen LogP) is 3.20. The van der Waals surface area contributed by atoms with Crippen molar-refractivity contribution in [2.75, 3.05) is 5.32 Å². The lowest BCUT2D eigenvalue weighted by atomic mass is 9.78. The van der Waals surface area contributed by atoms with Gasteiger partial charge in [-0.3, -0.25) is 4.98 Å². The van der Waals surface area contributed by atoms with E-state index < -0.39 is 0 Å². The minimum atomic E-state index is 0.309. The van der Waals surface area contributed by atoms with Gasteiger partial charge in [0.15, 0.2) is 0 Å². The molecule has 1 aliphatic rings. The minimum Gasteiger partial charge on any atom is -0.379 e. The lowest BCUT2D eigenvalue weighted by Crippen LogP contribution is -2.41. The van der Waals surface area contributed by atoms with Gasteiger partial charge in [-0.05, 0) is 48.2 Å². The number of nitrogens with one attached hydrogen (secondary N) is 1. The van der Waals surface area contributed by atoms with Crippen molar-refractivity contribution < 1.29 is 0 Å². The number of pyridine rings is 1. The molecule has 0 unspecified atom stereocenters. The molecule has 0 aliphatic heterocycles. The monoisotopic (exact) mass is 240 g/mol. The number of anilines is 1. The molecular weight excluding hydrogens is 228 g/mol. The highest BCUT2D eigenvalue weighted by Gasteiger charge is 2.31. The van der Waals surface area contributed by atoms with Crippen LogP contribution in [0.3, 0.4) is 0 Å². The number of halogens is 1. The summed E-state index contributed by atoms with van der Waals surface area (Å²) in [5.41, 5.74) is 1.46. The summed E-state index contributed by atoms with van der Waals surface area (Å²) in [7, 11) is 0. The van der Waals surface area contributed by atoms with Gasteiger partial charge in [-0.15, -0.1) is 0 Å². The second-order valence-corrected chi connectivity index (χ2v) is 4.75. The van der Waals surface area contributed by atoms with Crippen LogP contribution in [-0.2, 0) is 0 Å². The minimum absolute atomic E-state index is 0.309. The van der Waals surface area contributed by atoms with Crippen molar-refractivity contribution in [1.82, 2.24) is 4.98 Å². The van der Waals surface area contributed by atoms with E-state index in [0.29, 0.717) is 5.54 Å². The molecule has 0 atom stereocenters. The van der Waals surface area contributed by atoms with Crippen LogP contribution in [0.2, 0.25) is 0 Å². The van der Waals surface area contributed by atoms with Gasteiger partial charge in [-0.1, -0.05) is 0 Å². The Bertz CT molecular complexity index is 308. The van der Waals surface area contributed by atoms with Gasteiger partial charge in [-0.25, -0.2) is 0 Å². The highest BCUT2D eigenvalue weighted by atomic mass is 79.9. The molecule has 0 amide bonds. The number of aromatic nitrogens is 1. The van der Waals surface area contributed by atoms with Crippen molar-refractivity contribution in [2.45, 2.75) is 31.7 Å². The van der Waals surface area contributed by atoms with E-state index in [1.54, 1.807) is 0 Å². The van der Waals surface area contributed by atoms with Crippen LogP contribution in [0.25, 0.3) is 0 Å². The average Bonchev–Trinajstić information content (AvgIpc) is 2.06. The van der Waals surface area contributed by atoms with E-state index in [0.717, 1.165) is 10.2 Å². The molecule has 0 spiro atoms. The fraction of sp³-hybridized carbons (Fsp3) is 0.500. The molecule has 2 nitrogen and oxygen atoms in total. The van der Waals surface area contributed by atoms with E-state index in [4.69, 9.17) is 0 Å². The first-order chi connectivity index (χ1) is 6.20. The Morgan fingerprint density at radius 3 is 2.85 bits per heavy atom. The summed E-state index contributed by atoms with van der Waals surface area (Å²) in [6, 6.07) is 2.01. The third-order valence-corrected chi connectivity index (χ3v) is 3.30. The van der Waals surface area contributed by atoms with Crippen LogP contribution in [0.1, 0.15) is 26.2 Å². The van der Waals surface area contributed by atoms with E-state index in [1.807, 2.05) is 18.5 Å². The molecule has 1 saturated carbocycles. The van der Waals surface area contributed by atoms with Crippen LogP contribution in [-0.4, -0.2) is 10.5 Å². The molecular formula is C10H13BrN2. The zero-order valence-corrected chi connectivity index (χ0v) is 9.26. The van der Waals surface area contributed by atoms with Crippen molar-refractivity contribution >= 4 is 21.6 Å². The average molecular weight is 241 g/mol. The van der Waals surface area contributed by atoms with E-state index >= 15 is 0 Å². The van der Waals surface area contributed by atoms with Crippen LogP contribution in [0.15, 0.2) is 22.9 Å². The lowest BCUT2D eigenvalue weighted by Gasteiger charge is -2.40. The van der Waals surface area contributed by atoms with Crippen LogP contribution >= 0.6 is 15.9 Å². The number of hydrogen-bond donors (Lipinski definition) is 1. The number of nitrogens with zero attached hydrogens (tertiary/aromatic N) is 1. The zero-order chi connectivity index (χ0) is 9.31. The normalized spacial score (nSPS) is 19.2. The fourth-order valence-electron chi connectivity index (χ4n) is 1.63. The predicted molar refractivity (Wildman–Crippen MR) is 57.8 cm³/mol. The standard InChI is InChI=1S/C10H13BrN2/c1-10(4-2-5-10)13-9-3-6-12-7-8(9)11/h3,6-7H,2,4-5H2,1H3,(H,12,13). The zero-order valence-electron chi connectivity index (χ0n) is 7.68. The van der Waals surface area contributed by atoms with Gasteiger partial charge in [0.1, 0.15) is 0 Å². The molecule has 1 aromatic heterocycles. The van der Waals surface area contributed by atoms with Gasteiger partial charge in [0, 0.05) is 17.9 Å². The fourth-order valence-corrected chi connectivity index (χ4v) is 1.98. The molecule has 0 saturated heterocycles. The Morgan fingerprint density at radius 1 is 1.54 bits per heavy atom. The maximum Gasteiger partial charge on any atom is 0.0590 e. The summed E-state index contributed by atoms with van der Waals surface area (Å²) < 4.78 is 1.04. The SMILES string of the molecule is CC1(Nc2ccncc2Br)CCC1. The maximum absolute atomic E-state index is 4.03. The smallest absolute Gasteiger partial charge is 0.0590 e. The molecule has 1 fully saturated rings. The Hall–Kier alpha value is -0.570. The Balaban J connectivity index is 2.13. The van der Waals surface area contributed by atoms with E-state index in [-0.39, 0.29) is 0 Å². The molecule has 2 rings (SSSR count).